The lowest BCUT2D eigenvalue weighted by Gasteiger charge is -2.03. The van der Waals surface area contributed by atoms with E-state index in [2.05, 4.69) is 26.7 Å². The van der Waals surface area contributed by atoms with Crippen LogP contribution in [0.15, 0.2) is 0 Å². The van der Waals surface area contributed by atoms with Gasteiger partial charge in [-0.25, -0.2) is 0 Å². The Morgan fingerprint density at radius 3 is 1.68 bits per heavy atom. The molecule has 7 N–H and O–H groups in total. The molecule has 0 aromatic carbocycles. The minimum absolute atomic E-state index is 0.353. The molecule has 0 rings (SSSR count). The van der Waals surface area contributed by atoms with Crippen LogP contribution in [0.3, 0.4) is 0 Å². The first-order chi connectivity index (χ1) is 8.56. The van der Waals surface area contributed by atoms with E-state index in [0.717, 1.165) is 5.92 Å². The van der Waals surface area contributed by atoms with Crippen molar-refractivity contribution in [3.63, 3.8) is 0 Å². The maximum absolute atomic E-state index is 10.0. The topological polar surface area (TPSA) is 130 Å². The Bertz CT molecular complexity index is 239. The van der Waals surface area contributed by atoms with Crippen LogP contribution >= 0.6 is 0 Å². The SMILES string of the molecule is C#CCCC(N)C(=O)O.CC(C)C.CC(N)C(O)O. The number of hydrogen-bond donors (Lipinski definition) is 5. The lowest BCUT2D eigenvalue weighted by Crippen LogP contribution is -2.30. The summed E-state index contributed by atoms with van der Waals surface area (Å²) in [6, 6.07) is -1.34. The van der Waals surface area contributed by atoms with Crippen molar-refractivity contribution in [2.75, 3.05) is 0 Å². The van der Waals surface area contributed by atoms with Gasteiger partial charge in [-0.05, 0) is 19.3 Å². The highest BCUT2D eigenvalue weighted by atomic mass is 16.5. The Kier molecular flexibility index (Phi) is 18.1. The molecule has 2 atom stereocenters. The first-order valence-electron chi connectivity index (χ1n) is 6.09. The number of carbonyl (C=O) groups is 1. The maximum atomic E-state index is 10.0. The summed E-state index contributed by atoms with van der Waals surface area (Å²) >= 11 is 0. The molecule has 0 spiro atoms. The number of nitrogens with two attached hydrogens (primary N) is 2. The summed E-state index contributed by atoms with van der Waals surface area (Å²) in [4.78, 5) is 10.0. The second-order valence-electron chi connectivity index (χ2n) is 4.69. The van der Waals surface area contributed by atoms with Crippen LogP contribution in [-0.2, 0) is 4.79 Å². The van der Waals surface area contributed by atoms with Gasteiger partial charge in [0.05, 0.1) is 6.04 Å². The van der Waals surface area contributed by atoms with Gasteiger partial charge >= 0.3 is 5.97 Å². The van der Waals surface area contributed by atoms with Gasteiger partial charge in [-0.3, -0.25) is 4.79 Å². The molecule has 6 heteroatoms. The molecule has 2 unspecified atom stereocenters. The van der Waals surface area contributed by atoms with E-state index >= 15 is 0 Å². The number of aliphatic hydroxyl groups excluding tert-OH is 1. The van der Waals surface area contributed by atoms with Gasteiger partial charge in [0.15, 0.2) is 6.29 Å². The van der Waals surface area contributed by atoms with Crippen LogP contribution in [0.1, 0.15) is 40.5 Å². The summed E-state index contributed by atoms with van der Waals surface area (Å²) in [5.41, 5.74) is 10.0. The lowest BCUT2D eigenvalue weighted by atomic mass is 10.2. The molecule has 0 saturated heterocycles. The summed E-state index contributed by atoms with van der Waals surface area (Å²) < 4.78 is 0. The molecule has 0 aromatic rings. The van der Waals surface area contributed by atoms with E-state index in [0.29, 0.717) is 12.8 Å². The fourth-order valence-corrected chi connectivity index (χ4v) is 0.362. The van der Waals surface area contributed by atoms with Crippen molar-refractivity contribution in [3.8, 4) is 12.3 Å². The monoisotopic (exact) mass is 276 g/mol. The molecular weight excluding hydrogens is 248 g/mol. The normalized spacial score (nSPS) is 12.5. The van der Waals surface area contributed by atoms with Crippen molar-refractivity contribution in [1.82, 2.24) is 0 Å². The zero-order valence-corrected chi connectivity index (χ0v) is 12.2. The van der Waals surface area contributed by atoms with Gasteiger partial charge in [0.2, 0.25) is 0 Å². The van der Waals surface area contributed by atoms with Gasteiger partial charge < -0.3 is 26.8 Å². The van der Waals surface area contributed by atoms with Crippen LogP contribution < -0.4 is 11.5 Å². The Balaban J connectivity index is -0.000000222. The molecule has 114 valence electrons. The van der Waals surface area contributed by atoms with Crippen LogP contribution in [0.25, 0.3) is 0 Å². The molecule has 0 bridgehead atoms. The number of carboxylic acids is 1. The first kappa shape index (κ1) is 23.0. The van der Waals surface area contributed by atoms with E-state index in [1.54, 1.807) is 0 Å². The molecule has 0 fully saturated rings. The number of terminal acetylenes is 1. The minimum Gasteiger partial charge on any atom is -0.480 e. The van der Waals surface area contributed by atoms with Gasteiger partial charge in [-0.1, -0.05) is 20.8 Å². The zero-order chi connectivity index (χ0) is 16.0. The summed E-state index contributed by atoms with van der Waals surface area (Å²) in [6.07, 6.45) is 4.29. The standard InChI is InChI=1S/C6H9NO2.C4H10.C3H9NO2/c1-2-3-4-5(7)6(8)9;1-4(2)3;1-2(4)3(5)6/h1,5H,3-4,7H2,(H,8,9);4H,1-3H3;2-3,5-6H,4H2,1H3. The van der Waals surface area contributed by atoms with Crippen LogP contribution in [0.4, 0.5) is 0 Å². The molecule has 0 radical (unpaired) electrons. The molecule has 0 heterocycles. The number of hydrogen-bond acceptors (Lipinski definition) is 5. The van der Waals surface area contributed by atoms with Gasteiger partial charge in [-0.2, -0.15) is 0 Å². The van der Waals surface area contributed by atoms with E-state index in [1.807, 2.05) is 0 Å². The number of carboxylic acid groups (broad SMARTS) is 1. The lowest BCUT2D eigenvalue weighted by molar-refractivity contribution is -0.138. The third kappa shape index (κ3) is 31.6. The van der Waals surface area contributed by atoms with E-state index in [9.17, 15) is 4.79 Å². The third-order valence-corrected chi connectivity index (χ3v) is 1.39. The number of rotatable bonds is 4. The number of aliphatic hydroxyl groups is 2. The van der Waals surface area contributed by atoms with E-state index < -0.39 is 24.3 Å². The Labute approximate surface area is 115 Å². The highest BCUT2D eigenvalue weighted by molar-refractivity contribution is 5.72. The Morgan fingerprint density at radius 2 is 1.53 bits per heavy atom. The van der Waals surface area contributed by atoms with Crippen molar-refractivity contribution in [3.05, 3.63) is 0 Å². The van der Waals surface area contributed by atoms with E-state index in [4.69, 9.17) is 33.2 Å². The van der Waals surface area contributed by atoms with E-state index in [1.165, 1.54) is 6.92 Å². The highest BCUT2D eigenvalue weighted by Gasteiger charge is 2.08. The van der Waals surface area contributed by atoms with Crippen LogP contribution in [-0.4, -0.2) is 39.7 Å². The van der Waals surface area contributed by atoms with Crippen molar-refractivity contribution >= 4 is 5.97 Å². The largest absolute Gasteiger partial charge is 0.480 e. The average molecular weight is 276 g/mol. The maximum Gasteiger partial charge on any atom is 0.320 e. The van der Waals surface area contributed by atoms with Crippen molar-refractivity contribution < 1.29 is 20.1 Å². The van der Waals surface area contributed by atoms with Crippen LogP contribution in [0.2, 0.25) is 0 Å². The molecule has 0 aliphatic heterocycles. The fraction of sp³-hybridized carbons (Fsp3) is 0.769. The first-order valence-corrected chi connectivity index (χ1v) is 6.09. The summed E-state index contributed by atoms with van der Waals surface area (Å²) in [6.45, 7) is 8.02. The molecule has 0 aromatic heterocycles. The van der Waals surface area contributed by atoms with Crippen LogP contribution in [0, 0.1) is 18.3 Å². The average Bonchev–Trinajstić information content (AvgIpc) is 2.25. The zero-order valence-electron chi connectivity index (χ0n) is 12.2. The second kappa shape index (κ2) is 14.9. The summed E-state index contributed by atoms with van der Waals surface area (Å²) in [5, 5.41) is 24.3. The highest BCUT2D eigenvalue weighted by Crippen LogP contribution is 1.91. The van der Waals surface area contributed by atoms with Gasteiger partial charge in [0, 0.05) is 6.42 Å². The van der Waals surface area contributed by atoms with Crippen molar-refractivity contribution in [1.29, 1.82) is 0 Å². The second-order valence-corrected chi connectivity index (χ2v) is 4.69. The smallest absolute Gasteiger partial charge is 0.320 e. The van der Waals surface area contributed by atoms with Gasteiger partial charge in [0.1, 0.15) is 6.04 Å². The summed E-state index contributed by atoms with van der Waals surface area (Å²) in [5.74, 6) is 2.15. The molecular formula is C13H28N2O4. The summed E-state index contributed by atoms with van der Waals surface area (Å²) in [7, 11) is 0. The fourth-order valence-electron chi connectivity index (χ4n) is 0.362. The molecule has 19 heavy (non-hydrogen) atoms. The predicted molar refractivity (Wildman–Crippen MR) is 76.1 cm³/mol. The minimum atomic E-state index is -1.37. The molecule has 0 aliphatic carbocycles. The molecule has 0 amide bonds. The van der Waals surface area contributed by atoms with Crippen molar-refractivity contribution in [2.45, 2.75) is 58.9 Å². The van der Waals surface area contributed by atoms with Gasteiger partial charge in [-0.15, -0.1) is 12.3 Å². The Morgan fingerprint density at radius 1 is 1.21 bits per heavy atom. The van der Waals surface area contributed by atoms with Gasteiger partial charge in [0.25, 0.3) is 0 Å². The third-order valence-electron chi connectivity index (χ3n) is 1.39. The molecule has 0 saturated carbocycles. The van der Waals surface area contributed by atoms with Crippen LogP contribution in [0.5, 0.6) is 0 Å². The van der Waals surface area contributed by atoms with Crippen molar-refractivity contribution in [2.24, 2.45) is 17.4 Å². The van der Waals surface area contributed by atoms with E-state index in [-0.39, 0.29) is 0 Å². The predicted octanol–water partition coefficient (Wildman–Crippen LogP) is 0.118. The number of aliphatic carboxylic acids is 1. The Hall–Kier alpha value is -1.13. The molecule has 6 nitrogen and oxygen atoms in total. The molecule has 0 aliphatic rings. The quantitative estimate of drug-likeness (QED) is 0.366.